The van der Waals surface area contributed by atoms with Crippen molar-refractivity contribution in [2.24, 2.45) is 5.16 Å². The van der Waals surface area contributed by atoms with Gasteiger partial charge in [-0.25, -0.2) is 4.79 Å². The van der Waals surface area contributed by atoms with E-state index in [1.54, 1.807) is 19.1 Å². The summed E-state index contributed by atoms with van der Waals surface area (Å²) in [6, 6.07) is 0.977. The number of hydrogen-bond donors (Lipinski definition) is 3. The lowest BCUT2D eigenvalue weighted by molar-refractivity contribution is 0.0306. The third-order valence-electron chi connectivity index (χ3n) is 4.21. The van der Waals surface area contributed by atoms with E-state index in [2.05, 4.69) is 5.16 Å². The lowest BCUT2D eigenvalue weighted by Gasteiger charge is -2.17. The van der Waals surface area contributed by atoms with E-state index in [0.717, 1.165) is 6.07 Å². The van der Waals surface area contributed by atoms with E-state index in [1.807, 2.05) is 6.08 Å². The number of oxime groups is 1. The number of phenols is 2. The van der Waals surface area contributed by atoms with Crippen LogP contribution in [0, 0.1) is 0 Å². The summed E-state index contributed by atoms with van der Waals surface area (Å²) in [5.74, 6) is -1.63. The van der Waals surface area contributed by atoms with Gasteiger partial charge in [0.05, 0.1) is 16.8 Å². The van der Waals surface area contributed by atoms with Gasteiger partial charge in [-0.3, -0.25) is 0 Å². The van der Waals surface area contributed by atoms with Gasteiger partial charge in [-0.2, -0.15) is 0 Å². The predicted molar refractivity (Wildman–Crippen MR) is 94.1 cm³/mol. The van der Waals surface area contributed by atoms with Crippen molar-refractivity contribution < 1.29 is 29.7 Å². The second kappa shape index (κ2) is 7.39. The van der Waals surface area contributed by atoms with Crippen molar-refractivity contribution in [1.29, 1.82) is 0 Å². The topological polar surface area (TPSA) is 112 Å². The molecule has 0 amide bonds. The molecule has 0 radical (unpaired) electrons. The van der Waals surface area contributed by atoms with Gasteiger partial charge < -0.3 is 24.9 Å². The standard InChI is InChI=1S/C18H18ClNO6/c1-9-6-15-14(26-15)5-3-2-4-10(20-24)7-11-16(18(23)25-9)12(21)8-13(22)17(11)19/h2-5,8-9,14-15,21-22,24H,6-7H2,1H3/b4-2+,5-3-,20-10+/t9-,14-,15+/m1/s1. The van der Waals surface area contributed by atoms with Crippen LogP contribution in [0.1, 0.15) is 29.3 Å². The third kappa shape index (κ3) is 3.84. The highest BCUT2D eigenvalue weighted by atomic mass is 35.5. The highest BCUT2D eigenvalue weighted by molar-refractivity contribution is 6.33. The number of ether oxygens (including phenoxy) is 2. The zero-order valence-corrected chi connectivity index (χ0v) is 14.7. The van der Waals surface area contributed by atoms with Gasteiger partial charge in [0.2, 0.25) is 0 Å². The highest BCUT2D eigenvalue weighted by Crippen LogP contribution is 2.37. The molecule has 0 spiro atoms. The number of carbonyl (C=O) groups is 1. The Kier molecular flexibility index (Phi) is 5.20. The first-order valence-electron chi connectivity index (χ1n) is 8.06. The molecule has 138 valence electrons. The third-order valence-corrected chi connectivity index (χ3v) is 4.63. The Bertz CT molecular complexity index is 816. The van der Waals surface area contributed by atoms with Crippen LogP contribution in [-0.4, -0.2) is 45.4 Å². The van der Waals surface area contributed by atoms with E-state index in [9.17, 15) is 20.2 Å². The van der Waals surface area contributed by atoms with Gasteiger partial charge in [0.15, 0.2) is 0 Å². The quantitative estimate of drug-likeness (QED) is 0.276. The number of rotatable bonds is 0. The molecule has 8 heteroatoms. The molecule has 0 aromatic heterocycles. The Labute approximate surface area is 154 Å². The van der Waals surface area contributed by atoms with Crippen LogP contribution in [0.2, 0.25) is 5.02 Å². The highest BCUT2D eigenvalue weighted by Gasteiger charge is 2.38. The Hall–Kier alpha value is -2.51. The molecule has 1 aromatic carbocycles. The Morgan fingerprint density at radius 1 is 1.27 bits per heavy atom. The first kappa shape index (κ1) is 18.3. The van der Waals surface area contributed by atoms with E-state index in [0.29, 0.717) is 6.42 Å². The molecular weight excluding hydrogens is 362 g/mol. The number of allylic oxidation sites excluding steroid dienone is 3. The zero-order valence-electron chi connectivity index (χ0n) is 13.9. The second-order valence-corrected chi connectivity index (χ2v) is 6.56. The van der Waals surface area contributed by atoms with Gasteiger partial charge in [0, 0.05) is 18.9 Å². The molecule has 3 rings (SSSR count). The van der Waals surface area contributed by atoms with Crippen LogP contribution in [0.5, 0.6) is 11.5 Å². The van der Waals surface area contributed by atoms with Gasteiger partial charge in [-0.05, 0) is 18.6 Å². The summed E-state index contributed by atoms with van der Waals surface area (Å²) in [5, 5.41) is 32.3. The first-order chi connectivity index (χ1) is 12.4. The molecule has 2 aliphatic rings. The predicted octanol–water partition coefficient (Wildman–Crippen LogP) is 2.95. The normalized spacial score (nSPS) is 29.8. The summed E-state index contributed by atoms with van der Waals surface area (Å²) in [6.07, 6.45) is 6.68. The Morgan fingerprint density at radius 3 is 2.77 bits per heavy atom. The fourth-order valence-electron chi connectivity index (χ4n) is 2.86. The SMILES string of the molecule is C[C@@H]1C[C@@H]2O[C@@H]2\C=C/C=C/C(=N\O)Cc2c(Cl)c(O)cc(O)c2C(=O)O1. The van der Waals surface area contributed by atoms with Crippen molar-refractivity contribution in [1.82, 2.24) is 0 Å². The summed E-state index contributed by atoms with van der Waals surface area (Å²) >= 11 is 6.12. The van der Waals surface area contributed by atoms with Gasteiger partial charge >= 0.3 is 5.97 Å². The van der Waals surface area contributed by atoms with E-state index in [1.165, 1.54) is 6.08 Å². The number of benzene rings is 1. The maximum absolute atomic E-state index is 12.6. The number of carbonyl (C=O) groups excluding carboxylic acids is 1. The summed E-state index contributed by atoms with van der Waals surface area (Å²) < 4.78 is 10.9. The summed E-state index contributed by atoms with van der Waals surface area (Å²) in [5.41, 5.74) is 0.115. The Balaban J connectivity index is 2.05. The monoisotopic (exact) mass is 379 g/mol. The van der Waals surface area contributed by atoms with Crippen molar-refractivity contribution in [3.05, 3.63) is 46.5 Å². The fraction of sp³-hybridized carbons (Fsp3) is 0.333. The number of nitrogens with zero attached hydrogens (tertiary/aromatic N) is 1. The number of fused-ring (bicyclic) bond motifs is 2. The molecule has 1 fully saturated rings. The molecule has 2 heterocycles. The van der Waals surface area contributed by atoms with Crippen molar-refractivity contribution in [3.8, 4) is 11.5 Å². The summed E-state index contributed by atoms with van der Waals surface area (Å²) in [4.78, 5) is 12.6. The van der Waals surface area contributed by atoms with Crippen molar-refractivity contribution >= 4 is 23.3 Å². The van der Waals surface area contributed by atoms with Crippen LogP contribution in [-0.2, 0) is 15.9 Å². The lowest BCUT2D eigenvalue weighted by atomic mass is 9.99. The van der Waals surface area contributed by atoms with Gasteiger partial charge in [-0.1, -0.05) is 35.0 Å². The van der Waals surface area contributed by atoms with E-state index in [-0.39, 0.29) is 46.2 Å². The van der Waals surface area contributed by atoms with E-state index in [4.69, 9.17) is 21.1 Å². The van der Waals surface area contributed by atoms with Crippen LogP contribution in [0.25, 0.3) is 0 Å². The summed E-state index contributed by atoms with van der Waals surface area (Å²) in [7, 11) is 0. The van der Waals surface area contributed by atoms with Crippen LogP contribution >= 0.6 is 11.6 Å². The average Bonchev–Trinajstić information content (AvgIpc) is 3.31. The smallest absolute Gasteiger partial charge is 0.342 e. The molecule has 1 saturated heterocycles. The van der Waals surface area contributed by atoms with Crippen molar-refractivity contribution in [3.63, 3.8) is 0 Å². The molecule has 3 N–H and O–H groups in total. The van der Waals surface area contributed by atoms with E-state index < -0.39 is 17.8 Å². The zero-order chi connectivity index (χ0) is 18.8. The molecule has 0 bridgehead atoms. The first-order valence-corrected chi connectivity index (χ1v) is 8.44. The number of phenolic OH excluding ortho intramolecular Hbond substituents is 2. The molecule has 26 heavy (non-hydrogen) atoms. The minimum absolute atomic E-state index is 0.0483. The fourth-order valence-corrected chi connectivity index (χ4v) is 3.07. The van der Waals surface area contributed by atoms with Crippen LogP contribution < -0.4 is 0 Å². The minimum Gasteiger partial charge on any atom is -0.507 e. The molecule has 3 atom stereocenters. The Morgan fingerprint density at radius 2 is 2.04 bits per heavy atom. The van der Waals surface area contributed by atoms with Crippen molar-refractivity contribution in [2.75, 3.05) is 0 Å². The lowest BCUT2D eigenvalue weighted by Crippen LogP contribution is -2.19. The molecule has 0 aliphatic carbocycles. The second-order valence-electron chi connectivity index (χ2n) is 6.19. The molecule has 7 nitrogen and oxygen atoms in total. The number of halogens is 1. The number of hydrogen-bond acceptors (Lipinski definition) is 7. The largest absolute Gasteiger partial charge is 0.507 e. The molecule has 1 aromatic rings. The minimum atomic E-state index is -0.780. The molecule has 0 unspecified atom stereocenters. The maximum atomic E-state index is 12.6. The van der Waals surface area contributed by atoms with Gasteiger partial charge in [0.25, 0.3) is 0 Å². The molecular formula is C18H18ClNO6. The van der Waals surface area contributed by atoms with Crippen LogP contribution in [0.3, 0.4) is 0 Å². The number of esters is 1. The van der Waals surface area contributed by atoms with Gasteiger partial charge in [-0.15, -0.1) is 0 Å². The number of epoxide rings is 1. The van der Waals surface area contributed by atoms with E-state index >= 15 is 0 Å². The average molecular weight is 380 g/mol. The molecule has 0 saturated carbocycles. The van der Waals surface area contributed by atoms with Crippen LogP contribution in [0.4, 0.5) is 0 Å². The summed E-state index contributed by atoms with van der Waals surface area (Å²) in [6.45, 7) is 1.73. The number of cyclic esters (lactones) is 1. The maximum Gasteiger partial charge on any atom is 0.342 e. The van der Waals surface area contributed by atoms with Gasteiger partial charge in [0.1, 0.15) is 29.3 Å². The number of aromatic hydroxyl groups is 2. The van der Waals surface area contributed by atoms with Crippen LogP contribution in [0.15, 0.2) is 35.5 Å². The molecule has 2 aliphatic heterocycles. The van der Waals surface area contributed by atoms with Crippen molar-refractivity contribution in [2.45, 2.75) is 38.1 Å².